The molecule has 0 unspecified atom stereocenters. The van der Waals surface area contributed by atoms with Crippen molar-refractivity contribution in [2.75, 3.05) is 23.3 Å². The zero-order chi connectivity index (χ0) is 19.7. The summed E-state index contributed by atoms with van der Waals surface area (Å²) in [6.07, 6.45) is 4.94. The third kappa shape index (κ3) is 3.64. The van der Waals surface area contributed by atoms with Gasteiger partial charge in [-0.2, -0.15) is 10.1 Å². The molecule has 1 aliphatic rings. The van der Waals surface area contributed by atoms with Gasteiger partial charge in [0.2, 0.25) is 5.95 Å². The van der Waals surface area contributed by atoms with Crippen LogP contribution in [-0.2, 0) is 13.5 Å². The molecule has 8 nitrogen and oxygen atoms in total. The lowest BCUT2D eigenvalue weighted by Crippen LogP contribution is -2.37. The fourth-order valence-electron chi connectivity index (χ4n) is 3.59. The number of aromatic nitrogens is 5. The summed E-state index contributed by atoms with van der Waals surface area (Å²) in [4.78, 5) is 16.3. The minimum absolute atomic E-state index is 0.233. The molecule has 4 heterocycles. The maximum Gasteiger partial charge on any atom is 0.228 e. The molecule has 0 bridgehead atoms. The normalized spacial score (nSPS) is 15.4. The molecule has 3 aromatic heterocycles. The number of nitrogens with zero attached hydrogens (tertiary/aromatic N) is 6. The molecule has 0 saturated carbocycles. The summed E-state index contributed by atoms with van der Waals surface area (Å²) in [5.41, 5.74) is 3.86. The summed E-state index contributed by atoms with van der Waals surface area (Å²) in [7, 11) is 1.93. The topological polar surface area (TPSA) is 92.0 Å². The maximum absolute atomic E-state index is 9.83. The van der Waals surface area contributed by atoms with Crippen molar-refractivity contribution in [3.05, 3.63) is 29.6 Å². The molecule has 1 saturated heterocycles. The number of hydrogen-bond donors (Lipinski definition) is 2. The lowest BCUT2D eigenvalue weighted by molar-refractivity contribution is 0.145. The van der Waals surface area contributed by atoms with E-state index in [1.807, 2.05) is 37.0 Å². The molecule has 0 radical (unpaired) electrons. The fraction of sp³-hybridized carbons (Fsp3) is 0.500. The van der Waals surface area contributed by atoms with E-state index < -0.39 is 0 Å². The first-order chi connectivity index (χ1) is 13.5. The van der Waals surface area contributed by atoms with Gasteiger partial charge in [-0.25, -0.2) is 9.97 Å². The first-order valence-corrected chi connectivity index (χ1v) is 9.91. The molecule has 3 aromatic rings. The van der Waals surface area contributed by atoms with Gasteiger partial charge in [0.1, 0.15) is 16.9 Å². The predicted octanol–water partition coefficient (Wildman–Crippen LogP) is 2.72. The smallest absolute Gasteiger partial charge is 0.228 e. The third-order valence-electron chi connectivity index (χ3n) is 5.13. The Balaban J connectivity index is 1.79. The van der Waals surface area contributed by atoms with Crippen LogP contribution in [-0.4, -0.2) is 49.0 Å². The average molecular weight is 381 g/mol. The highest BCUT2D eigenvalue weighted by Gasteiger charge is 2.23. The zero-order valence-electron chi connectivity index (χ0n) is 16.7. The summed E-state index contributed by atoms with van der Waals surface area (Å²) in [6, 6.07) is 3.97. The number of piperidine rings is 1. The van der Waals surface area contributed by atoms with Crippen molar-refractivity contribution in [3.63, 3.8) is 0 Å². The van der Waals surface area contributed by atoms with Gasteiger partial charge in [-0.3, -0.25) is 4.68 Å². The van der Waals surface area contributed by atoms with Crippen LogP contribution in [0.1, 0.15) is 37.4 Å². The van der Waals surface area contributed by atoms with E-state index in [2.05, 4.69) is 27.2 Å². The summed E-state index contributed by atoms with van der Waals surface area (Å²) >= 11 is 0. The lowest BCUT2D eigenvalue weighted by Gasteiger charge is -2.29. The Bertz CT molecular complexity index is 959. The van der Waals surface area contributed by atoms with Crippen LogP contribution in [0.15, 0.2) is 18.3 Å². The predicted molar refractivity (Wildman–Crippen MR) is 110 cm³/mol. The quantitative estimate of drug-likeness (QED) is 0.702. The second kappa shape index (κ2) is 7.71. The number of rotatable bonds is 5. The minimum atomic E-state index is -0.233. The molecular formula is C20H27N7O. The van der Waals surface area contributed by atoms with Crippen LogP contribution in [0, 0.1) is 6.92 Å². The first-order valence-electron chi connectivity index (χ1n) is 9.91. The average Bonchev–Trinajstić information content (AvgIpc) is 3.00. The van der Waals surface area contributed by atoms with Gasteiger partial charge >= 0.3 is 0 Å². The van der Waals surface area contributed by atoms with Crippen molar-refractivity contribution in [1.82, 2.24) is 24.7 Å². The molecule has 2 N–H and O–H groups in total. The third-order valence-corrected chi connectivity index (χ3v) is 5.13. The van der Waals surface area contributed by atoms with Gasteiger partial charge in [-0.15, -0.1) is 0 Å². The number of pyridine rings is 1. The Morgan fingerprint density at radius 1 is 1.21 bits per heavy atom. The van der Waals surface area contributed by atoms with Gasteiger partial charge in [0, 0.05) is 26.3 Å². The Hall–Kier alpha value is -2.74. The number of aliphatic hydroxyl groups is 1. The van der Waals surface area contributed by atoms with Gasteiger partial charge in [-0.05, 0) is 37.8 Å². The Morgan fingerprint density at radius 3 is 2.68 bits per heavy atom. The highest BCUT2D eigenvalue weighted by Crippen LogP contribution is 2.29. The highest BCUT2D eigenvalue weighted by atomic mass is 16.3. The molecule has 1 aliphatic heterocycles. The van der Waals surface area contributed by atoms with Crippen LogP contribution in [0.25, 0.3) is 11.0 Å². The summed E-state index contributed by atoms with van der Waals surface area (Å²) in [5.74, 6) is 2.13. The zero-order valence-corrected chi connectivity index (χ0v) is 16.7. The number of hydrogen-bond acceptors (Lipinski definition) is 7. The lowest BCUT2D eigenvalue weighted by atomic mass is 10.1. The molecule has 0 atom stereocenters. The Kier molecular flexibility index (Phi) is 5.13. The molecule has 0 amide bonds. The van der Waals surface area contributed by atoms with E-state index >= 15 is 0 Å². The van der Waals surface area contributed by atoms with Crippen LogP contribution in [0.5, 0.6) is 0 Å². The van der Waals surface area contributed by atoms with Crippen LogP contribution >= 0.6 is 0 Å². The first kappa shape index (κ1) is 18.6. The van der Waals surface area contributed by atoms with Crippen LogP contribution < -0.4 is 10.2 Å². The molecule has 4 rings (SSSR count). The van der Waals surface area contributed by atoms with E-state index in [-0.39, 0.29) is 6.10 Å². The number of aryl methyl sites for hydroxylation is 3. The number of aliphatic hydroxyl groups excluding tert-OH is 1. The highest BCUT2D eigenvalue weighted by molar-refractivity contribution is 5.90. The second-order valence-corrected chi connectivity index (χ2v) is 7.45. The van der Waals surface area contributed by atoms with Crippen molar-refractivity contribution in [3.8, 4) is 0 Å². The van der Waals surface area contributed by atoms with Crippen molar-refractivity contribution in [2.24, 2.45) is 7.05 Å². The second-order valence-electron chi connectivity index (χ2n) is 7.45. The van der Waals surface area contributed by atoms with Crippen LogP contribution in [0.3, 0.4) is 0 Å². The van der Waals surface area contributed by atoms with E-state index in [0.717, 1.165) is 66.9 Å². The van der Waals surface area contributed by atoms with E-state index in [1.54, 1.807) is 0 Å². The van der Waals surface area contributed by atoms with Gasteiger partial charge in [-0.1, -0.05) is 19.4 Å². The number of fused-ring (bicyclic) bond motifs is 1. The van der Waals surface area contributed by atoms with Crippen molar-refractivity contribution in [2.45, 2.75) is 45.6 Å². The number of nitrogens with one attached hydrogen (secondary N) is 1. The summed E-state index contributed by atoms with van der Waals surface area (Å²) in [5, 5.41) is 17.9. The molecule has 0 aromatic carbocycles. The van der Waals surface area contributed by atoms with E-state index in [0.29, 0.717) is 11.8 Å². The molecule has 0 aliphatic carbocycles. The molecule has 148 valence electrons. The Labute approximate surface area is 164 Å². The molecule has 0 spiro atoms. The standard InChI is InChI=1S/C20H27N7O/c1-4-5-15-17-18(26(3)25-15)19(22-16-7-6-13(2)12-21-16)24-20(23-17)27-10-8-14(28)9-11-27/h6-7,12,14,28H,4-5,8-11H2,1-3H3,(H,21,22,23,24). The van der Waals surface area contributed by atoms with Gasteiger partial charge in [0.25, 0.3) is 0 Å². The monoisotopic (exact) mass is 381 g/mol. The van der Waals surface area contributed by atoms with Crippen LogP contribution in [0.4, 0.5) is 17.6 Å². The largest absolute Gasteiger partial charge is 0.393 e. The van der Waals surface area contributed by atoms with E-state index in [1.165, 1.54) is 0 Å². The van der Waals surface area contributed by atoms with Gasteiger partial charge in [0.15, 0.2) is 5.82 Å². The number of anilines is 3. The van der Waals surface area contributed by atoms with Gasteiger partial charge < -0.3 is 15.3 Å². The van der Waals surface area contributed by atoms with E-state index in [4.69, 9.17) is 9.97 Å². The van der Waals surface area contributed by atoms with Crippen molar-refractivity contribution < 1.29 is 5.11 Å². The molecular weight excluding hydrogens is 354 g/mol. The van der Waals surface area contributed by atoms with Crippen molar-refractivity contribution in [1.29, 1.82) is 0 Å². The van der Waals surface area contributed by atoms with Gasteiger partial charge in [0.05, 0.1) is 11.8 Å². The summed E-state index contributed by atoms with van der Waals surface area (Å²) in [6.45, 7) is 5.65. The minimum Gasteiger partial charge on any atom is -0.393 e. The summed E-state index contributed by atoms with van der Waals surface area (Å²) < 4.78 is 1.85. The van der Waals surface area contributed by atoms with E-state index in [9.17, 15) is 5.11 Å². The van der Waals surface area contributed by atoms with Crippen LogP contribution in [0.2, 0.25) is 0 Å². The molecule has 1 fully saturated rings. The molecule has 8 heteroatoms. The SMILES string of the molecule is CCCc1nn(C)c2c(Nc3ccc(C)cn3)nc(N3CCC(O)CC3)nc12. The maximum atomic E-state index is 9.83. The van der Waals surface area contributed by atoms with Crippen molar-refractivity contribution >= 4 is 28.6 Å². The fourth-order valence-corrected chi connectivity index (χ4v) is 3.59. The Morgan fingerprint density at radius 2 is 2.00 bits per heavy atom. The molecule has 28 heavy (non-hydrogen) atoms.